The Balaban J connectivity index is 1.59. The topological polar surface area (TPSA) is 49.9 Å². The van der Waals surface area contributed by atoms with Crippen LogP contribution in [0.2, 0.25) is 10.0 Å². The fraction of sp³-hybridized carbons (Fsp3) is 0.579. The minimum atomic E-state index is -0.366. The summed E-state index contributed by atoms with van der Waals surface area (Å²) in [5, 5.41) is 0.893. The van der Waals surface area contributed by atoms with E-state index in [1.54, 1.807) is 23.1 Å². The van der Waals surface area contributed by atoms with Gasteiger partial charge >= 0.3 is 0 Å². The van der Waals surface area contributed by atoms with Gasteiger partial charge in [0.15, 0.2) is 6.61 Å². The molecular weight excluding hydrogens is 375 g/mol. The highest BCUT2D eigenvalue weighted by Gasteiger charge is 2.37. The summed E-state index contributed by atoms with van der Waals surface area (Å²) in [5.74, 6) is 0.918. The van der Waals surface area contributed by atoms with Gasteiger partial charge < -0.3 is 14.5 Å². The normalized spacial score (nSPS) is 21.1. The van der Waals surface area contributed by atoms with Crippen molar-refractivity contribution >= 4 is 35.0 Å². The molecule has 0 aliphatic carbocycles. The van der Waals surface area contributed by atoms with Gasteiger partial charge in [-0.05, 0) is 43.7 Å². The van der Waals surface area contributed by atoms with Gasteiger partial charge in [0.25, 0.3) is 5.91 Å². The van der Waals surface area contributed by atoms with Crippen molar-refractivity contribution in [1.29, 1.82) is 0 Å². The number of carbonyl (C=O) groups excluding carboxylic acids is 2. The summed E-state index contributed by atoms with van der Waals surface area (Å²) >= 11 is 12.0. The Labute approximate surface area is 164 Å². The van der Waals surface area contributed by atoms with Gasteiger partial charge in [-0.15, -0.1) is 0 Å². The lowest BCUT2D eigenvalue weighted by Gasteiger charge is -2.34. The number of likely N-dealkylation sites (tertiary alicyclic amines) is 2. The first-order valence-electron chi connectivity index (χ1n) is 9.12. The Bertz CT molecular complexity index is 675. The van der Waals surface area contributed by atoms with Gasteiger partial charge in [-0.2, -0.15) is 0 Å². The van der Waals surface area contributed by atoms with E-state index in [0.29, 0.717) is 34.7 Å². The molecule has 2 aliphatic rings. The van der Waals surface area contributed by atoms with Crippen molar-refractivity contribution in [2.75, 3.05) is 26.2 Å². The fourth-order valence-electron chi connectivity index (χ4n) is 3.57. The van der Waals surface area contributed by atoms with Crippen LogP contribution < -0.4 is 4.74 Å². The lowest BCUT2D eigenvalue weighted by Crippen LogP contribution is -2.50. The van der Waals surface area contributed by atoms with Crippen molar-refractivity contribution in [1.82, 2.24) is 9.80 Å². The van der Waals surface area contributed by atoms with Crippen LogP contribution in [0.25, 0.3) is 0 Å². The number of carbonyl (C=O) groups is 2. The zero-order chi connectivity index (χ0) is 18.7. The second-order valence-corrected chi connectivity index (χ2v) is 7.96. The molecule has 1 atom stereocenters. The Morgan fingerprint density at radius 2 is 1.88 bits per heavy atom. The maximum atomic E-state index is 12.8. The van der Waals surface area contributed by atoms with E-state index >= 15 is 0 Å². The Kier molecular flexibility index (Phi) is 6.30. The van der Waals surface area contributed by atoms with E-state index in [1.807, 2.05) is 4.90 Å². The van der Waals surface area contributed by atoms with Gasteiger partial charge in [0.05, 0.1) is 5.02 Å². The van der Waals surface area contributed by atoms with Gasteiger partial charge in [-0.1, -0.05) is 30.1 Å². The van der Waals surface area contributed by atoms with Crippen LogP contribution in [0.15, 0.2) is 18.2 Å². The Morgan fingerprint density at radius 1 is 1.15 bits per heavy atom. The summed E-state index contributed by atoms with van der Waals surface area (Å²) in [6.45, 7) is 4.22. The summed E-state index contributed by atoms with van der Waals surface area (Å²) in [6, 6.07) is 4.50. The number of benzene rings is 1. The molecule has 0 N–H and O–H groups in total. The standard InChI is InChI=1S/C19H24Cl2N2O3/c1-13-6-9-22(10-7-13)19(25)16-3-2-8-23(16)18(24)12-26-17-11-14(20)4-5-15(17)21/h4-5,11,13,16H,2-3,6-10,12H2,1H3/t16-/m0/s1. The molecule has 0 spiro atoms. The van der Waals surface area contributed by atoms with Crippen LogP contribution in [-0.4, -0.2) is 53.9 Å². The van der Waals surface area contributed by atoms with Crippen molar-refractivity contribution in [3.8, 4) is 5.75 Å². The van der Waals surface area contributed by atoms with E-state index in [2.05, 4.69) is 6.92 Å². The lowest BCUT2D eigenvalue weighted by atomic mass is 9.98. The van der Waals surface area contributed by atoms with Gasteiger partial charge in [-0.25, -0.2) is 0 Å². The molecule has 142 valence electrons. The second-order valence-electron chi connectivity index (χ2n) is 7.12. The van der Waals surface area contributed by atoms with E-state index < -0.39 is 0 Å². The van der Waals surface area contributed by atoms with Gasteiger partial charge in [0.2, 0.25) is 5.91 Å². The number of piperidine rings is 1. The molecule has 7 heteroatoms. The van der Waals surface area contributed by atoms with Crippen molar-refractivity contribution in [2.45, 2.75) is 38.6 Å². The van der Waals surface area contributed by atoms with E-state index in [1.165, 1.54) is 0 Å². The zero-order valence-corrected chi connectivity index (χ0v) is 16.4. The molecule has 0 aromatic heterocycles. The molecule has 0 unspecified atom stereocenters. The third kappa shape index (κ3) is 4.44. The number of ether oxygens (including phenoxy) is 1. The fourth-order valence-corrected chi connectivity index (χ4v) is 3.91. The van der Waals surface area contributed by atoms with Crippen LogP contribution in [-0.2, 0) is 9.59 Å². The number of rotatable bonds is 4. The minimum absolute atomic E-state index is 0.0727. The molecule has 2 amide bonds. The Hall–Kier alpha value is -1.46. The van der Waals surface area contributed by atoms with E-state index in [9.17, 15) is 9.59 Å². The first kappa shape index (κ1) is 19.3. The SMILES string of the molecule is CC1CCN(C(=O)[C@@H]2CCCN2C(=O)COc2cc(Cl)ccc2Cl)CC1. The number of halogens is 2. The third-order valence-corrected chi connectivity index (χ3v) is 5.75. The van der Waals surface area contributed by atoms with Crippen LogP contribution in [0.3, 0.4) is 0 Å². The Morgan fingerprint density at radius 3 is 2.62 bits per heavy atom. The minimum Gasteiger partial charge on any atom is -0.482 e. The molecule has 2 saturated heterocycles. The van der Waals surface area contributed by atoms with E-state index in [4.69, 9.17) is 27.9 Å². The van der Waals surface area contributed by atoms with Crippen molar-refractivity contribution in [3.63, 3.8) is 0 Å². The van der Waals surface area contributed by atoms with Gasteiger partial charge in [0.1, 0.15) is 11.8 Å². The van der Waals surface area contributed by atoms with Gasteiger partial charge in [-0.3, -0.25) is 9.59 Å². The number of hydrogen-bond donors (Lipinski definition) is 0. The first-order chi connectivity index (χ1) is 12.5. The summed E-state index contributed by atoms with van der Waals surface area (Å²) in [5.41, 5.74) is 0. The highest BCUT2D eigenvalue weighted by Crippen LogP contribution is 2.28. The predicted molar refractivity (Wildman–Crippen MR) is 102 cm³/mol. The molecule has 3 rings (SSSR count). The quantitative estimate of drug-likeness (QED) is 0.777. The molecule has 1 aromatic rings. The van der Waals surface area contributed by atoms with Crippen LogP contribution in [0.5, 0.6) is 5.75 Å². The largest absolute Gasteiger partial charge is 0.482 e. The van der Waals surface area contributed by atoms with Gasteiger partial charge in [0, 0.05) is 30.7 Å². The molecule has 2 heterocycles. The van der Waals surface area contributed by atoms with Crippen molar-refractivity contribution < 1.29 is 14.3 Å². The molecule has 0 saturated carbocycles. The maximum Gasteiger partial charge on any atom is 0.261 e. The molecular formula is C19H24Cl2N2O3. The van der Waals surface area contributed by atoms with Crippen LogP contribution >= 0.6 is 23.2 Å². The number of hydrogen-bond acceptors (Lipinski definition) is 3. The van der Waals surface area contributed by atoms with E-state index in [0.717, 1.165) is 32.4 Å². The average Bonchev–Trinajstić information content (AvgIpc) is 3.12. The zero-order valence-electron chi connectivity index (χ0n) is 14.9. The van der Waals surface area contributed by atoms with E-state index in [-0.39, 0.29) is 24.5 Å². The van der Waals surface area contributed by atoms with Crippen molar-refractivity contribution in [2.24, 2.45) is 5.92 Å². The van der Waals surface area contributed by atoms with Crippen molar-refractivity contribution in [3.05, 3.63) is 28.2 Å². The predicted octanol–water partition coefficient (Wildman–Crippen LogP) is 3.62. The molecule has 0 radical (unpaired) electrons. The first-order valence-corrected chi connectivity index (χ1v) is 9.87. The molecule has 0 bridgehead atoms. The molecule has 5 nitrogen and oxygen atoms in total. The molecule has 1 aromatic carbocycles. The highest BCUT2D eigenvalue weighted by atomic mass is 35.5. The molecule has 2 fully saturated rings. The monoisotopic (exact) mass is 398 g/mol. The third-order valence-electron chi connectivity index (χ3n) is 5.20. The number of nitrogens with zero attached hydrogens (tertiary/aromatic N) is 2. The van der Waals surface area contributed by atoms with Crippen LogP contribution in [0, 0.1) is 5.92 Å². The number of amides is 2. The highest BCUT2D eigenvalue weighted by molar-refractivity contribution is 6.34. The lowest BCUT2D eigenvalue weighted by molar-refractivity contribution is -0.145. The summed E-state index contributed by atoms with van der Waals surface area (Å²) in [4.78, 5) is 29.0. The summed E-state index contributed by atoms with van der Waals surface area (Å²) in [6.07, 6.45) is 3.62. The maximum absolute atomic E-state index is 12.8. The molecule has 2 aliphatic heterocycles. The second kappa shape index (κ2) is 8.49. The summed E-state index contributed by atoms with van der Waals surface area (Å²) < 4.78 is 5.55. The molecule has 26 heavy (non-hydrogen) atoms. The smallest absolute Gasteiger partial charge is 0.261 e. The van der Waals surface area contributed by atoms with Crippen LogP contribution in [0.4, 0.5) is 0 Å². The summed E-state index contributed by atoms with van der Waals surface area (Å²) in [7, 11) is 0. The average molecular weight is 399 g/mol. The van der Waals surface area contributed by atoms with Crippen LogP contribution in [0.1, 0.15) is 32.6 Å².